The van der Waals surface area contributed by atoms with Crippen molar-refractivity contribution in [2.45, 2.75) is 45.2 Å². The highest BCUT2D eigenvalue weighted by atomic mass is 35.5. The van der Waals surface area contributed by atoms with Crippen molar-refractivity contribution in [2.75, 3.05) is 24.7 Å². The zero-order valence-corrected chi connectivity index (χ0v) is 22.3. The summed E-state index contributed by atoms with van der Waals surface area (Å²) in [4.78, 5) is 20.3. The molecule has 0 N–H and O–H groups in total. The molecule has 1 saturated carbocycles. The molecular weight excluding hydrogens is 496 g/mol. The summed E-state index contributed by atoms with van der Waals surface area (Å²) in [5.41, 5.74) is 4.42. The standard InChI is InChI=1S/C30H31ClN6O/c1-20-8-10-21(11-9-20)18-37-29-25(15-27(32-2)35-28(29)23-14-24(31)17-33-16-23)34-30(37)36-12-13-38-19-26(36)22-6-4-3-5-7-22/h3-7,14-17,20-21,26H,8-13,18-19H2,1H3/t20?,21?,26-/m0/s1. The van der Waals surface area contributed by atoms with Crippen LogP contribution in [0.5, 0.6) is 0 Å². The molecule has 194 valence electrons. The minimum absolute atomic E-state index is 0.0523. The van der Waals surface area contributed by atoms with E-state index in [1.54, 1.807) is 12.4 Å². The number of pyridine rings is 2. The second-order valence-corrected chi connectivity index (χ2v) is 11.0. The van der Waals surface area contributed by atoms with Crippen LogP contribution in [0.15, 0.2) is 54.9 Å². The summed E-state index contributed by atoms with van der Waals surface area (Å²) in [6.07, 6.45) is 8.29. The van der Waals surface area contributed by atoms with E-state index in [0.29, 0.717) is 35.7 Å². The monoisotopic (exact) mass is 526 g/mol. The third-order valence-corrected chi connectivity index (χ3v) is 8.14. The minimum atomic E-state index is 0.0523. The number of nitrogens with zero attached hydrogens (tertiary/aromatic N) is 6. The van der Waals surface area contributed by atoms with E-state index in [9.17, 15) is 0 Å². The maximum atomic E-state index is 7.70. The molecule has 0 bridgehead atoms. The van der Waals surface area contributed by atoms with Crippen LogP contribution in [0.4, 0.5) is 11.8 Å². The van der Waals surface area contributed by atoms with Crippen molar-refractivity contribution in [1.29, 1.82) is 0 Å². The third-order valence-electron chi connectivity index (χ3n) is 7.93. The van der Waals surface area contributed by atoms with Crippen LogP contribution in [0.3, 0.4) is 0 Å². The Bertz CT molecular complexity index is 1470. The lowest BCUT2D eigenvalue weighted by atomic mass is 9.83. The number of imidazole rings is 1. The number of ether oxygens (including phenoxy) is 1. The fraction of sp³-hybridized carbons (Fsp3) is 0.400. The zero-order valence-electron chi connectivity index (χ0n) is 21.6. The lowest BCUT2D eigenvalue weighted by Crippen LogP contribution is -2.41. The summed E-state index contributed by atoms with van der Waals surface area (Å²) in [7, 11) is 0. The highest BCUT2D eigenvalue weighted by Crippen LogP contribution is 2.39. The second-order valence-electron chi connectivity index (χ2n) is 10.5. The molecule has 4 aromatic rings. The highest BCUT2D eigenvalue weighted by molar-refractivity contribution is 6.30. The van der Waals surface area contributed by atoms with Crippen molar-refractivity contribution >= 4 is 34.4 Å². The van der Waals surface area contributed by atoms with E-state index in [0.717, 1.165) is 41.6 Å². The number of aromatic nitrogens is 4. The molecular formula is C30H31ClN6O. The molecule has 0 amide bonds. The lowest BCUT2D eigenvalue weighted by molar-refractivity contribution is 0.0927. The third kappa shape index (κ3) is 4.87. The van der Waals surface area contributed by atoms with Gasteiger partial charge in [0, 0.05) is 31.0 Å². The van der Waals surface area contributed by atoms with Crippen molar-refractivity contribution in [1.82, 2.24) is 19.5 Å². The Labute approximate surface area is 228 Å². The van der Waals surface area contributed by atoms with Crippen LogP contribution in [0.2, 0.25) is 5.02 Å². The summed E-state index contributed by atoms with van der Waals surface area (Å²) in [5.74, 6) is 2.57. The number of morpholine rings is 1. The smallest absolute Gasteiger partial charge is 0.272 e. The van der Waals surface area contributed by atoms with E-state index in [-0.39, 0.29) is 6.04 Å². The van der Waals surface area contributed by atoms with Gasteiger partial charge in [-0.15, -0.1) is 4.98 Å². The van der Waals surface area contributed by atoms with Gasteiger partial charge in [-0.05, 0) is 42.4 Å². The first-order chi connectivity index (χ1) is 18.6. The van der Waals surface area contributed by atoms with E-state index in [1.807, 2.05) is 18.2 Å². The average molecular weight is 527 g/mol. The Morgan fingerprint density at radius 2 is 1.89 bits per heavy atom. The fourth-order valence-corrected chi connectivity index (χ4v) is 6.06. The highest BCUT2D eigenvalue weighted by Gasteiger charge is 2.32. The number of halogens is 1. The summed E-state index contributed by atoms with van der Waals surface area (Å²) < 4.78 is 8.31. The largest absolute Gasteiger partial charge is 0.377 e. The molecule has 38 heavy (non-hydrogen) atoms. The predicted molar refractivity (Wildman–Crippen MR) is 151 cm³/mol. The van der Waals surface area contributed by atoms with Crippen LogP contribution >= 0.6 is 11.6 Å². The van der Waals surface area contributed by atoms with Crippen LogP contribution < -0.4 is 4.90 Å². The molecule has 6 rings (SSSR count). The molecule has 1 atom stereocenters. The summed E-state index contributed by atoms with van der Waals surface area (Å²) in [6.45, 7) is 12.9. The van der Waals surface area contributed by atoms with E-state index < -0.39 is 0 Å². The maximum absolute atomic E-state index is 7.70. The van der Waals surface area contributed by atoms with Crippen LogP contribution in [0.1, 0.15) is 44.2 Å². The number of hydrogen-bond donors (Lipinski definition) is 0. The van der Waals surface area contributed by atoms with E-state index in [1.165, 1.54) is 31.2 Å². The normalized spacial score (nSPS) is 21.9. The molecule has 1 saturated heterocycles. The lowest BCUT2D eigenvalue weighted by Gasteiger charge is -2.37. The number of rotatable bonds is 5. The van der Waals surface area contributed by atoms with Crippen LogP contribution in [-0.4, -0.2) is 39.3 Å². The molecule has 0 unspecified atom stereocenters. The Hall–Kier alpha value is -3.47. The number of anilines is 1. The Kier molecular flexibility index (Phi) is 7.01. The van der Waals surface area contributed by atoms with Crippen LogP contribution in [-0.2, 0) is 11.3 Å². The van der Waals surface area contributed by atoms with Gasteiger partial charge in [0.15, 0.2) is 5.69 Å². The van der Waals surface area contributed by atoms with E-state index in [2.05, 4.69) is 50.5 Å². The molecule has 2 fully saturated rings. The summed E-state index contributed by atoms with van der Waals surface area (Å²) in [6, 6.07) is 14.2. The average Bonchev–Trinajstić information content (AvgIpc) is 3.32. The quantitative estimate of drug-likeness (QED) is 0.259. The van der Waals surface area contributed by atoms with Gasteiger partial charge in [0.25, 0.3) is 5.82 Å². The first-order valence-corrected chi connectivity index (χ1v) is 13.8. The van der Waals surface area contributed by atoms with Crippen molar-refractivity contribution in [3.8, 4) is 11.3 Å². The summed E-state index contributed by atoms with van der Waals surface area (Å²) in [5, 5.41) is 0.538. The molecule has 1 aromatic carbocycles. The Morgan fingerprint density at radius 1 is 1.08 bits per heavy atom. The van der Waals surface area contributed by atoms with Gasteiger partial charge in [0.2, 0.25) is 5.95 Å². The van der Waals surface area contributed by atoms with Crippen LogP contribution in [0.25, 0.3) is 27.1 Å². The van der Waals surface area contributed by atoms with Gasteiger partial charge in [-0.25, -0.2) is 4.98 Å². The second kappa shape index (κ2) is 10.7. The molecule has 1 aliphatic carbocycles. The summed E-state index contributed by atoms with van der Waals surface area (Å²) >= 11 is 6.35. The van der Waals surface area contributed by atoms with E-state index >= 15 is 0 Å². The van der Waals surface area contributed by atoms with Crippen molar-refractivity contribution in [3.05, 3.63) is 76.9 Å². The molecule has 7 nitrogen and oxygen atoms in total. The maximum Gasteiger partial charge on any atom is 0.272 e. The predicted octanol–water partition coefficient (Wildman–Crippen LogP) is 7.10. The molecule has 3 aromatic heterocycles. The topological polar surface area (TPSA) is 60.4 Å². The van der Waals surface area contributed by atoms with Gasteiger partial charge in [-0.1, -0.05) is 68.3 Å². The van der Waals surface area contributed by atoms with Gasteiger partial charge in [0.1, 0.15) is 5.52 Å². The molecule has 4 heterocycles. The number of fused-ring (bicyclic) bond motifs is 1. The van der Waals surface area contributed by atoms with Crippen molar-refractivity contribution in [2.24, 2.45) is 11.8 Å². The van der Waals surface area contributed by atoms with Gasteiger partial charge in [-0.2, -0.15) is 0 Å². The van der Waals surface area contributed by atoms with Crippen molar-refractivity contribution < 1.29 is 4.74 Å². The molecule has 1 aliphatic heterocycles. The Balaban J connectivity index is 1.55. The van der Waals surface area contributed by atoms with Crippen molar-refractivity contribution in [3.63, 3.8) is 0 Å². The van der Waals surface area contributed by atoms with E-state index in [4.69, 9.17) is 32.9 Å². The minimum Gasteiger partial charge on any atom is -0.377 e. The zero-order chi connectivity index (χ0) is 26.1. The number of hydrogen-bond acceptors (Lipinski definition) is 5. The molecule has 8 heteroatoms. The van der Waals surface area contributed by atoms with Gasteiger partial charge < -0.3 is 19.0 Å². The first kappa shape index (κ1) is 24.8. The first-order valence-electron chi connectivity index (χ1n) is 13.4. The molecule has 2 aliphatic rings. The van der Waals surface area contributed by atoms with Gasteiger partial charge in [-0.3, -0.25) is 4.98 Å². The fourth-order valence-electron chi connectivity index (χ4n) is 5.89. The molecule has 0 spiro atoms. The Morgan fingerprint density at radius 3 is 2.66 bits per heavy atom. The number of benzene rings is 1. The SMILES string of the molecule is [C-]#[N+]c1cc2nc(N3CCOC[C@H]3c3ccccc3)n(CC3CCC(C)CC3)c2c(-c2cncc(Cl)c2)n1. The van der Waals surface area contributed by atoms with Gasteiger partial charge >= 0.3 is 0 Å². The molecule has 0 radical (unpaired) electrons. The van der Waals surface area contributed by atoms with Gasteiger partial charge in [0.05, 0.1) is 29.8 Å². The van der Waals surface area contributed by atoms with Crippen LogP contribution in [0, 0.1) is 18.4 Å².